The third-order valence-corrected chi connectivity index (χ3v) is 4.89. The van der Waals surface area contributed by atoms with E-state index in [1.165, 1.54) is 30.3 Å². The quantitative estimate of drug-likeness (QED) is 0.367. The second-order valence-corrected chi connectivity index (χ2v) is 6.52. The molecule has 2 aromatic carbocycles. The first-order valence-corrected chi connectivity index (χ1v) is 9.02. The monoisotopic (exact) mass is 389 g/mol. The molecule has 0 saturated heterocycles. The molecule has 0 spiro atoms. The molecule has 3 aromatic rings. The van der Waals surface area contributed by atoms with E-state index in [-0.39, 0.29) is 16.1 Å². The molecule has 27 heavy (non-hydrogen) atoms. The van der Waals surface area contributed by atoms with Crippen molar-refractivity contribution in [2.45, 2.75) is 13.5 Å². The number of rotatable bonds is 6. The van der Waals surface area contributed by atoms with E-state index in [1.54, 1.807) is 16.7 Å². The number of carbonyl (C=O) groups is 1. The Bertz CT molecular complexity index is 1070. The maximum absolute atomic E-state index is 14.3. The molecule has 0 aliphatic carbocycles. The Morgan fingerprint density at radius 2 is 2.07 bits per heavy atom. The van der Waals surface area contributed by atoms with E-state index < -0.39 is 16.6 Å². The van der Waals surface area contributed by atoms with Crippen LogP contribution < -0.4 is 4.80 Å². The number of nitro groups is 1. The van der Waals surface area contributed by atoms with Crippen molar-refractivity contribution in [3.63, 3.8) is 0 Å². The third kappa shape index (κ3) is 3.93. The standard InChI is InChI=1S/C18H16FN3O4S/c1-2-26-11-10-21-16-13(19)7-5-9-15(16)27-18(21)20-17(23)12-6-3-4-8-14(12)22(24)25/h3-9H,2,10-11H2,1H3. The van der Waals surface area contributed by atoms with Gasteiger partial charge in [-0.3, -0.25) is 14.9 Å². The van der Waals surface area contributed by atoms with Crippen LogP contribution in [-0.4, -0.2) is 28.6 Å². The van der Waals surface area contributed by atoms with Gasteiger partial charge in [0.2, 0.25) is 0 Å². The normalized spacial score (nSPS) is 11.9. The van der Waals surface area contributed by atoms with Gasteiger partial charge in [-0.2, -0.15) is 4.99 Å². The summed E-state index contributed by atoms with van der Waals surface area (Å²) in [7, 11) is 0. The number of ether oxygens (including phenoxy) is 1. The van der Waals surface area contributed by atoms with E-state index >= 15 is 0 Å². The maximum Gasteiger partial charge on any atom is 0.286 e. The molecular weight excluding hydrogens is 373 g/mol. The predicted molar refractivity (Wildman–Crippen MR) is 99.3 cm³/mol. The Labute approximate surface area is 157 Å². The summed E-state index contributed by atoms with van der Waals surface area (Å²) in [6.45, 7) is 2.98. The predicted octanol–water partition coefficient (Wildman–Crippen LogP) is 3.53. The number of thiazole rings is 1. The topological polar surface area (TPSA) is 86.7 Å². The minimum atomic E-state index is -0.751. The summed E-state index contributed by atoms with van der Waals surface area (Å²) in [6, 6.07) is 10.2. The van der Waals surface area contributed by atoms with Crippen molar-refractivity contribution in [1.29, 1.82) is 0 Å². The van der Waals surface area contributed by atoms with Gasteiger partial charge in [0.15, 0.2) is 4.80 Å². The molecule has 0 bridgehead atoms. The van der Waals surface area contributed by atoms with Crippen LogP contribution in [0.4, 0.5) is 10.1 Å². The molecular formula is C18H16FN3O4S. The van der Waals surface area contributed by atoms with Gasteiger partial charge in [0.25, 0.3) is 11.6 Å². The van der Waals surface area contributed by atoms with Crippen molar-refractivity contribution in [1.82, 2.24) is 4.57 Å². The van der Waals surface area contributed by atoms with Gasteiger partial charge in [0.1, 0.15) is 11.4 Å². The van der Waals surface area contributed by atoms with Crippen molar-refractivity contribution in [2.75, 3.05) is 13.2 Å². The van der Waals surface area contributed by atoms with Crippen molar-refractivity contribution < 1.29 is 18.8 Å². The second kappa shape index (κ2) is 8.19. The van der Waals surface area contributed by atoms with Crippen molar-refractivity contribution >= 4 is 33.1 Å². The van der Waals surface area contributed by atoms with Crippen molar-refractivity contribution in [3.8, 4) is 0 Å². The molecule has 0 atom stereocenters. The number of nitrogens with zero attached hydrogens (tertiary/aromatic N) is 3. The first-order chi connectivity index (χ1) is 13.0. The summed E-state index contributed by atoms with van der Waals surface area (Å²) in [5.74, 6) is -1.18. The minimum Gasteiger partial charge on any atom is -0.380 e. The maximum atomic E-state index is 14.3. The van der Waals surface area contributed by atoms with E-state index in [0.29, 0.717) is 30.0 Å². The van der Waals surface area contributed by atoms with E-state index in [1.807, 2.05) is 6.92 Å². The van der Waals surface area contributed by atoms with Gasteiger partial charge in [-0.1, -0.05) is 29.5 Å². The fraction of sp³-hybridized carbons (Fsp3) is 0.222. The Hall–Kier alpha value is -2.91. The summed E-state index contributed by atoms with van der Waals surface area (Å²) in [6.07, 6.45) is 0. The van der Waals surface area contributed by atoms with Crippen LogP contribution in [0.3, 0.4) is 0 Å². The largest absolute Gasteiger partial charge is 0.380 e. The lowest BCUT2D eigenvalue weighted by atomic mass is 10.2. The molecule has 0 N–H and O–H groups in total. The molecule has 1 aromatic heterocycles. The molecule has 0 radical (unpaired) electrons. The van der Waals surface area contributed by atoms with Gasteiger partial charge in [-0.25, -0.2) is 4.39 Å². The molecule has 0 saturated carbocycles. The second-order valence-electron chi connectivity index (χ2n) is 5.51. The van der Waals surface area contributed by atoms with Crippen LogP contribution in [0, 0.1) is 15.9 Å². The summed E-state index contributed by atoms with van der Waals surface area (Å²) < 4.78 is 21.9. The molecule has 7 nitrogen and oxygen atoms in total. The summed E-state index contributed by atoms with van der Waals surface area (Å²) in [5.41, 5.74) is -0.104. The fourth-order valence-corrected chi connectivity index (χ4v) is 3.71. The number of hydrogen-bond donors (Lipinski definition) is 0. The molecule has 140 valence electrons. The zero-order chi connectivity index (χ0) is 19.4. The van der Waals surface area contributed by atoms with Crippen LogP contribution in [0.2, 0.25) is 0 Å². The van der Waals surface area contributed by atoms with Crippen LogP contribution in [0.15, 0.2) is 47.5 Å². The molecule has 3 rings (SSSR count). The smallest absolute Gasteiger partial charge is 0.286 e. The highest BCUT2D eigenvalue weighted by molar-refractivity contribution is 7.16. The summed E-state index contributed by atoms with van der Waals surface area (Å²) >= 11 is 1.14. The SMILES string of the molecule is CCOCCn1c(=NC(=O)c2ccccc2[N+](=O)[O-])sc2cccc(F)c21. The first-order valence-electron chi connectivity index (χ1n) is 8.21. The Kier molecular flexibility index (Phi) is 5.72. The number of aromatic nitrogens is 1. The number of amides is 1. The number of benzene rings is 2. The number of halogens is 1. The minimum absolute atomic E-state index is 0.114. The van der Waals surface area contributed by atoms with Gasteiger partial charge in [-0.05, 0) is 25.1 Å². The van der Waals surface area contributed by atoms with Crippen LogP contribution in [-0.2, 0) is 11.3 Å². The molecule has 1 amide bonds. The average molecular weight is 389 g/mol. The molecule has 0 aliphatic rings. The Balaban J connectivity index is 2.13. The molecule has 0 unspecified atom stereocenters. The molecule has 1 heterocycles. The Morgan fingerprint density at radius 3 is 2.81 bits per heavy atom. The van der Waals surface area contributed by atoms with Crippen molar-refractivity contribution in [3.05, 3.63) is 68.8 Å². The van der Waals surface area contributed by atoms with Crippen LogP contribution in [0.5, 0.6) is 0 Å². The average Bonchev–Trinajstić information content (AvgIpc) is 3.00. The van der Waals surface area contributed by atoms with Gasteiger partial charge in [0, 0.05) is 19.2 Å². The first kappa shape index (κ1) is 18.9. The highest BCUT2D eigenvalue weighted by Crippen LogP contribution is 2.22. The lowest BCUT2D eigenvalue weighted by molar-refractivity contribution is -0.385. The highest BCUT2D eigenvalue weighted by atomic mass is 32.1. The van der Waals surface area contributed by atoms with E-state index in [0.717, 1.165) is 11.3 Å². The van der Waals surface area contributed by atoms with E-state index in [9.17, 15) is 19.3 Å². The van der Waals surface area contributed by atoms with Gasteiger partial charge in [0.05, 0.1) is 21.7 Å². The van der Waals surface area contributed by atoms with Crippen LogP contribution in [0.1, 0.15) is 17.3 Å². The van der Waals surface area contributed by atoms with Gasteiger partial charge >= 0.3 is 0 Å². The molecule has 0 aliphatic heterocycles. The number of hydrogen-bond acceptors (Lipinski definition) is 5. The number of nitro benzene ring substituents is 1. The number of carbonyl (C=O) groups excluding carboxylic acids is 1. The van der Waals surface area contributed by atoms with Gasteiger partial charge in [-0.15, -0.1) is 0 Å². The number of fused-ring (bicyclic) bond motifs is 1. The third-order valence-electron chi connectivity index (χ3n) is 3.84. The number of para-hydroxylation sites is 2. The lowest BCUT2D eigenvalue weighted by Gasteiger charge is -2.06. The zero-order valence-corrected chi connectivity index (χ0v) is 15.2. The molecule has 0 fully saturated rings. The zero-order valence-electron chi connectivity index (χ0n) is 14.4. The fourth-order valence-electron chi connectivity index (χ4n) is 2.64. The van der Waals surface area contributed by atoms with Crippen LogP contribution >= 0.6 is 11.3 Å². The summed E-state index contributed by atoms with van der Waals surface area (Å²) in [4.78, 5) is 27.4. The lowest BCUT2D eigenvalue weighted by Crippen LogP contribution is -2.20. The van der Waals surface area contributed by atoms with Crippen LogP contribution in [0.25, 0.3) is 10.2 Å². The Morgan fingerprint density at radius 1 is 1.30 bits per heavy atom. The van der Waals surface area contributed by atoms with E-state index in [2.05, 4.69) is 4.99 Å². The van der Waals surface area contributed by atoms with Gasteiger partial charge < -0.3 is 9.30 Å². The highest BCUT2D eigenvalue weighted by Gasteiger charge is 2.19. The molecule has 9 heteroatoms. The van der Waals surface area contributed by atoms with E-state index in [4.69, 9.17) is 4.74 Å². The summed E-state index contributed by atoms with van der Waals surface area (Å²) in [5, 5.41) is 11.1. The van der Waals surface area contributed by atoms with Crippen molar-refractivity contribution in [2.24, 2.45) is 4.99 Å².